The molecule has 6 nitrogen and oxygen atoms in total. The maximum Gasteiger partial charge on any atom is 0.233 e. The summed E-state index contributed by atoms with van der Waals surface area (Å²) in [5.74, 6) is 0. The summed E-state index contributed by atoms with van der Waals surface area (Å²) in [7, 11) is 0. The Balaban J connectivity index is 2.57. The van der Waals surface area contributed by atoms with Crippen LogP contribution in [0.4, 0.5) is 0 Å². The molecule has 1 aromatic carbocycles. The molecule has 0 fully saturated rings. The predicted molar refractivity (Wildman–Crippen MR) is 64.3 cm³/mol. The van der Waals surface area contributed by atoms with Gasteiger partial charge in [0.1, 0.15) is 11.8 Å². The number of aliphatic hydroxyl groups excluding tert-OH is 1. The highest BCUT2D eigenvalue weighted by atomic mass is 35.5. The van der Waals surface area contributed by atoms with Gasteiger partial charge in [-0.1, -0.05) is 11.6 Å². The number of rotatable bonds is 3. The molecule has 0 spiro atoms. The standard InChI is InChI=1S/C11H8ClNO5/c12-6-1-2-10-7(3-6)11(15)8(5-18-10)9(14)4-13(16)17/h1-3,5,9,14H,4H2. The Morgan fingerprint density at radius 3 is 2.89 bits per heavy atom. The zero-order valence-corrected chi connectivity index (χ0v) is 9.76. The fourth-order valence-corrected chi connectivity index (χ4v) is 1.76. The Morgan fingerprint density at radius 2 is 2.22 bits per heavy atom. The van der Waals surface area contributed by atoms with E-state index in [0.29, 0.717) is 10.6 Å². The van der Waals surface area contributed by atoms with Crippen LogP contribution in [0.15, 0.2) is 33.7 Å². The van der Waals surface area contributed by atoms with Crippen LogP contribution in [0.2, 0.25) is 5.02 Å². The Kier molecular flexibility index (Phi) is 3.31. The lowest BCUT2D eigenvalue weighted by atomic mass is 10.1. The van der Waals surface area contributed by atoms with E-state index in [2.05, 4.69) is 0 Å². The average Bonchev–Trinajstić information content (AvgIpc) is 2.29. The largest absolute Gasteiger partial charge is 0.464 e. The lowest BCUT2D eigenvalue weighted by Gasteiger charge is -2.06. The SMILES string of the molecule is O=c1c(C(O)C[N+](=O)[O-])coc2ccc(Cl)cc12. The van der Waals surface area contributed by atoms with Gasteiger partial charge in [0, 0.05) is 9.95 Å². The molecule has 1 atom stereocenters. The molecule has 18 heavy (non-hydrogen) atoms. The molecule has 0 saturated carbocycles. The molecule has 7 heteroatoms. The molecule has 1 N–H and O–H groups in total. The van der Waals surface area contributed by atoms with Crippen molar-refractivity contribution in [1.82, 2.24) is 0 Å². The van der Waals surface area contributed by atoms with E-state index in [9.17, 15) is 20.0 Å². The minimum absolute atomic E-state index is 0.151. The fourth-order valence-electron chi connectivity index (χ4n) is 1.59. The van der Waals surface area contributed by atoms with Gasteiger partial charge in [-0.15, -0.1) is 0 Å². The van der Waals surface area contributed by atoms with E-state index in [1.165, 1.54) is 12.1 Å². The zero-order valence-electron chi connectivity index (χ0n) is 9.00. The normalized spacial score (nSPS) is 12.6. The highest BCUT2D eigenvalue weighted by Gasteiger charge is 2.19. The average molecular weight is 270 g/mol. The molecule has 1 unspecified atom stereocenters. The zero-order chi connectivity index (χ0) is 13.3. The number of nitro groups is 1. The number of halogens is 1. The summed E-state index contributed by atoms with van der Waals surface area (Å²) >= 11 is 5.76. The number of nitrogens with zero attached hydrogens (tertiary/aromatic N) is 1. The number of aliphatic hydroxyl groups is 1. The van der Waals surface area contributed by atoms with Crippen LogP contribution in [0.3, 0.4) is 0 Å². The molecule has 1 aromatic heterocycles. The molecule has 0 bridgehead atoms. The van der Waals surface area contributed by atoms with Gasteiger partial charge in [0.2, 0.25) is 6.54 Å². The van der Waals surface area contributed by atoms with Crippen molar-refractivity contribution in [3.05, 3.63) is 55.4 Å². The van der Waals surface area contributed by atoms with Gasteiger partial charge in [0.25, 0.3) is 0 Å². The van der Waals surface area contributed by atoms with Gasteiger partial charge in [-0.05, 0) is 18.2 Å². The van der Waals surface area contributed by atoms with Gasteiger partial charge >= 0.3 is 0 Å². The number of fused-ring (bicyclic) bond motifs is 1. The predicted octanol–water partition coefficient (Wildman–Crippen LogP) is 1.76. The minimum atomic E-state index is -1.50. The molecule has 0 amide bonds. The molecule has 0 aliphatic rings. The van der Waals surface area contributed by atoms with Gasteiger partial charge in [-0.3, -0.25) is 14.9 Å². The van der Waals surface area contributed by atoms with Crippen LogP contribution >= 0.6 is 11.6 Å². The van der Waals surface area contributed by atoms with Gasteiger partial charge in [-0.25, -0.2) is 0 Å². The maximum absolute atomic E-state index is 12.0. The maximum atomic E-state index is 12.0. The number of hydrogen-bond donors (Lipinski definition) is 1. The van der Waals surface area contributed by atoms with Crippen LogP contribution in [-0.4, -0.2) is 16.6 Å². The third kappa shape index (κ3) is 2.34. The molecule has 94 valence electrons. The van der Waals surface area contributed by atoms with E-state index >= 15 is 0 Å². The van der Waals surface area contributed by atoms with Crippen molar-refractivity contribution in [3.63, 3.8) is 0 Å². The van der Waals surface area contributed by atoms with Crippen molar-refractivity contribution < 1.29 is 14.4 Å². The molecule has 0 radical (unpaired) electrons. The topological polar surface area (TPSA) is 93.6 Å². The van der Waals surface area contributed by atoms with Crippen LogP contribution in [0.1, 0.15) is 11.7 Å². The summed E-state index contributed by atoms with van der Waals surface area (Å²) in [6.07, 6.45) is -0.466. The minimum Gasteiger partial charge on any atom is -0.464 e. The van der Waals surface area contributed by atoms with Crippen molar-refractivity contribution in [3.8, 4) is 0 Å². The molecule has 2 rings (SSSR count). The summed E-state index contributed by atoms with van der Waals surface area (Å²) in [5, 5.41) is 20.4. The first-order valence-corrected chi connectivity index (χ1v) is 5.37. The van der Waals surface area contributed by atoms with E-state index in [-0.39, 0.29) is 10.9 Å². The monoisotopic (exact) mass is 269 g/mol. The van der Waals surface area contributed by atoms with Crippen molar-refractivity contribution in [2.75, 3.05) is 6.54 Å². The fraction of sp³-hybridized carbons (Fsp3) is 0.182. The highest BCUT2D eigenvalue weighted by molar-refractivity contribution is 6.31. The van der Waals surface area contributed by atoms with Crippen molar-refractivity contribution >= 4 is 22.6 Å². The lowest BCUT2D eigenvalue weighted by Crippen LogP contribution is -2.19. The second-order valence-electron chi connectivity index (χ2n) is 3.69. The van der Waals surface area contributed by atoms with Gasteiger partial charge < -0.3 is 9.52 Å². The summed E-state index contributed by atoms with van der Waals surface area (Å²) in [6.45, 7) is -0.753. The van der Waals surface area contributed by atoms with E-state index in [0.717, 1.165) is 6.26 Å². The van der Waals surface area contributed by atoms with Gasteiger partial charge in [0.15, 0.2) is 11.5 Å². The van der Waals surface area contributed by atoms with Gasteiger partial charge in [0.05, 0.1) is 10.9 Å². The van der Waals surface area contributed by atoms with Crippen LogP contribution < -0.4 is 5.43 Å². The first-order chi connectivity index (χ1) is 8.49. The first kappa shape index (κ1) is 12.5. The smallest absolute Gasteiger partial charge is 0.233 e. The summed E-state index contributed by atoms with van der Waals surface area (Å²) < 4.78 is 5.14. The van der Waals surface area contributed by atoms with Crippen LogP contribution in [-0.2, 0) is 0 Å². The molecular weight excluding hydrogens is 262 g/mol. The van der Waals surface area contributed by atoms with E-state index in [4.69, 9.17) is 16.0 Å². The summed E-state index contributed by atoms with van der Waals surface area (Å²) in [4.78, 5) is 21.6. The molecular formula is C11H8ClNO5. The lowest BCUT2D eigenvalue weighted by molar-refractivity contribution is -0.491. The number of hydrogen-bond acceptors (Lipinski definition) is 5. The van der Waals surface area contributed by atoms with Crippen LogP contribution in [0.5, 0.6) is 0 Å². The highest BCUT2D eigenvalue weighted by Crippen LogP contribution is 2.19. The van der Waals surface area contributed by atoms with E-state index in [1.54, 1.807) is 6.07 Å². The molecule has 0 saturated heterocycles. The summed E-state index contributed by atoms with van der Waals surface area (Å²) in [5.41, 5.74) is -0.365. The van der Waals surface area contributed by atoms with E-state index < -0.39 is 23.0 Å². The third-order valence-corrected chi connectivity index (χ3v) is 2.68. The Labute approximate surface area is 106 Å². The quantitative estimate of drug-likeness (QED) is 0.677. The third-order valence-electron chi connectivity index (χ3n) is 2.44. The first-order valence-electron chi connectivity index (χ1n) is 5.00. The summed E-state index contributed by atoms with van der Waals surface area (Å²) in [6, 6.07) is 4.47. The van der Waals surface area contributed by atoms with Crippen molar-refractivity contribution in [2.45, 2.75) is 6.10 Å². The second-order valence-corrected chi connectivity index (χ2v) is 4.13. The van der Waals surface area contributed by atoms with Crippen LogP contribution in [0, 0.1) is 10.1 Å². The number of benzene rings is 1. The molecule has 0 aliphatic heterocycles. The Hall–Kier alpha value is -1.92. The molecule has 0 aliphatic carbocycles. The Bertz CT molecular complexity index is 666. The molecule has 1 heterocycles. The second kappa shape index (κ2) is 4.75. The van der Waals surface area contributed by atoms with E-state index in [1.807, 2.05) is 0 Å². The molecule has 2 aromatic rings. The van der Waals surface area contributed by atoms with Crippen LogP contribution in [0.25, 0.3) is 11.0 Å². The van der Waals surface area contributed by atoms with Crippen molar-refractivity contribution in [2.24, 2.45) is 0 Å². The van der Waals surface area contributed by atoms with Crippen molar-refractivity contribution in [1.29, 1.82) is 0 Å². The Morgan fingerprint density at radius 1 is 1.50 bits per heavy atom. The van der Waals surface area contributed by atoms with Gasteiger partial charge in [-0.2, -0.15) is 0 Å².